The van der Waals surface area contributed by atoms with Crippen LogP contribution in [0.25, 0.3) is 11.2 Å². The molecule has 0 saturated carbocycles. The van der Waals surface area contributed by atoms with Crippen molar-refractivity contribution in [1.82, 2.24) is 18.7 Å². The summed E-state index contributed by atoms with van der Waals surface area (Å²) < 4.78 is 4.85. The molecule has 1 atom stereocenters. The average Bonchev–Trinajstić information content (AvgIpc) is 3.17. The van der Waals surface area contributed by atoms with Crippen LogP contribution in [0.15, 0.2) is 64.2 Å². The number of nitrogens with zero attached hydrogens (tertiary/aromatic N) is 5. The van der Waals surface area contributed by atoms with Gasteiger partial charge in [-0.25, -0.2) is 4.79 Å². The van der Waals surface area contributed by atoms with Gasteiger partial charge in [-0.3, -0.25) is 13.9 Å². The molecule has 0 amide bonds. The Labute approximate surface area is 186 Å². The van der Waals surface area contributed by atoms with E-state index < -0.39 is 0 Å². The summed E-state index contributed by atoms with van der Waals surface area (Å²) in [6, 6.07) is 18.2. The number of aryl methyl sites for hydroxylation is 3. The molecule has 0 fully saturated rings. The Morgan fingerprint density at radius 3 is 2.56 bits per heavy atom. The number of aromatic nitrogens is 4. The van der Waals surface area contributed by atoms with Crippen LogP contribution in [0.4, 0.5) is 11.6 Å². The molecule has 2 aromatic heterocycles. The smallest absolute Gasteiger partial charge is 0.312 e. The molecular formula is C25H27N5O2. The second-order valence-electron chi connectivity index (χ2n) is 8.78. The average molecular weight is 430 g/mol. The van der Waals surface area contributed by atoms with Crippen LogP contribution in [0.3, 0.4) is 0 Å². The first kappa shape index (κ1) is 20.3. The molecule has 7 heteroatoms. The van der Waals surface area contributed by atoms with Crippen molar-refractivity contribution in [1.29, 1.82) is 0 Å². The van der Waals surface area contributed by atoms with Gasteiger partial charge < -0.3 is 9.47 Å². The summed E-state index contributed by atoms with van der Waals surface area (Å²) in [5.74, 6) is 1.05. The minimum atomic E-state index is -0.330. The first-order chi connectivity index (χ1) is 15.4. The molecule has 7 nitrogen and oxygen atoms in total. The van der Waals surface area contributed by atoms with Crippen LogP contribution in [0.2, 0.25) is 0 Å². The molecule has 0 unspecified atom stereocenters. The van der Waals surface area contributed by atoms with E-state index in [4.69, 9.17) is 4.98 Å². The van der Waals surface area contributed by atoms with E-state index in [1.165, 1.54) is 14.7 Å². The molecule has 0 radical (unpaired) electrons. The summed E-state index contributed by atoms with van der Waals surface area (Å²) in [5, 5.41) is 0. The van der Waals surface area contributed by atoms with Crippen LogP contribution in [-0.4, -0.2) is 25.2 Å². The maximum atomic E-state index is 13.5. The normalized spacial score (nSPS) is 15.8. The highest BCUT2D eigenvalue weighted by molar-refractivity contribution is 5.77. The number of rotatable bonds is 4. The van der Waals surface area contributed by atoms with E-state index >= 15 is 0 Å². The lowest BCUT2D eigenvalue weighted by Crippen LogP contribution is -2.40. The Balaban J connectivity index is 1.66. The van der Waals surface area contributed by atoms with Gasteiger partial charge in [0, 0.05) is 32.4 Å². The molecule has 0 aliphatic carbocycles. The zero-order valence-electron chi connectivity index (χ0n) is 18.7. The molecule has 0 spiro atoms. The standard InChI is InChI=1S/C25H27N5O2/c1-17-8-7-11-20(14-17)29-15-18(2)16-30-21-22(26-24(29)30)27(3)25(32)28(23(21)31)13-12-19-9-5-4-6-10-19/h4-11,14,18H,12-13,15-16H2,1-3H3/t18-/m1/s1. The van der Waals surface area contributed by atoms with E-state index in [9.17, 15) is 9.59 Å². The maximum Gasteiger partial charge on any atom is 0.332 e. The predicted octanol–water partition coefficient (Wildman–Crippen LogP) is 3.24. The van der Waals surface area contributed by atoms with Gasteiger partial charge in [-0.2, -0.15) is 4.98 Å². The predicted molar refractivity (Wildman–Crippen MR) is 127 cm³/mol. The van der Waals surface area contributed by atoms with Gasteiger partial charge in [-0.05, 0) is 42.5 Å². The highest BCUT2D eigenvalue weighted by Gasteiger charge is 2.29. The van der Waals surface area contributed by atoms with Crippen LogP contribution in [-0.2, 0) is 26.6 Å². The molecular weight excluding hydrogens is 402 g/mol. The molecule has 0 saturated heterocycles. The van der Waals surface area contributed by atoms with Crippen molar-refractivity contribution in [2.45, 2.75) is 33.4 Å². The highest BCUT2D eigenvalue weighted by atomic mass is 16.2. The number of fused-ring (bicyclic) bond motifs is 3. The van der Waals surface area contributed by atoms with Gasteiger partial charge in [-0.15, -0.1) is 0 Å². The summed E-state index contributed by atoms with van der Waals surface area (Å²) >= 11 is 0. The van der Waals surface area contributed by atoms with Crippen molar-refractivity contribution >= 4 is 22.8 Å². The van der Waals surface area contributed by atoms with Crippen molar-refractivity contribution in [3.8, 4) is 0 Å². The number of hydrogen-bond donors (Lipinski definition) is 0. The molecule has 164 valence electrons. The van der Waals surface area contributed by atoms with E-state index in [0.29, 0.717) is 36.6 Å². The van der Waals surface area contributed by atoms with Crippen molar-refractivity contribution in [3.05, 3.63) is 86.6 Å². The van der Waals surface area contributed by atoms with E-state index in [1.54, 1.807) is 7.05 Å². The SMILES string of the molecule is Cc1cccc(N2C[C@@H](C)Cn3c2nc2c3c(=O)n(CCc3ccccc3)c(=O)n2C)c1. The van der Waals surface area contributed by atoms with E-state index in [1.807, 2.05) is 41.0 Å². The topological polar surface area (TPSA) is 65.1 Å². The van der Waals surface area contributed by atoms with Gasteiger partial charge >= 0.3 is 5.69 Å². The van der Waals surface area contributed by atoms with Crippen molar-refractivity contribution < 1.29 is 0 Å². The Morgan fingerprint density at radius 1 is 1.03 bits per heavy atom. The third kappa shape index (κ3) is 3.34. The molecule has 2 aromatic carbocycles. The summed E-state index contributed by atoms with van der Waals surface area (Å²) in [6.45, 7) is 6.08. The Kier molecular flexibility index (Phi) is 4.96. The van der Waals surface area contributed by atoms with Crippen molar-refractivity contribution in [2.75, 3.05) is 11.4 Å². The highest BCUT2D eigenvalue weighted by Crippen LogP contribution is 2.33. The summed E-state index contributed by atoms with van der Waals surface area (Å²) in [5.41, 5.74) is 3.65. The van der Waals surface area contributed by atoms with E-state index in [-0.39, 0.29) is 11.2 Å². The van der Waals surface area contributed by atoms with Gasteiger partial charge in [0.2, 0.25) is 5.95 Å². The van der Waals surface area contributed by atoms with Gasteiger partial charge in [-0.1, -0.05) is 49.4 Å². The van der Waals surface area contributed by atoms with Gasteiger partial charge in [0.15, 0.2) is 11.2 Å². The Morgan fingerprint density at radius 2 is 1.81 bits per heavy atom. The van der Waals surface area contributed by atoms with Crippen LogP contribution in [0.1, 0.15) is 18.1 Å². The molecule has 0 bridgehead atoms. The third-order valence-electron chi connectivity index (χ3n) is 6.22. The fraction of sp³-hybridized carbons (Fsp3) is 0.320. The van der Waals surface area contributed by atoms with Crippen LogP contribution in [0, 0.1) is 12.8 Å². The fourth-order valence-corrected chi connectivity index (χ4v) is 4.60. The minimum Gasteiger partial charge on any atom is -0.312 e. The summed E-state index contributed by atoms with van der Waals surface area (Å²) in [7, 11) is 1.70. The molecule has 1 aliphatic rings. The van der Waals surface area contributed by atoms with Crippen LogP contribution < -0.4 is 16.1 Å². The van der Waals surface area contributed by atoms with E-state index in [0.717, 1.165) is 23.7 Å². The third-order valence-corrected chi connectivity index (χ3v) is 6.22. The Hall–Kier alpha value is -3.61. The first-order valence-electron chi connectivity index (χ1n) is 11.0. The quantitative estimate of drug-likeness (QED) is 0.500. The summed E-state index contributed by atoms with van der Waals surface area (Å²) in [4.78, 5) is 33.5. The molecule has 5 rings (SSSR count). The fourth-order valence-electron chi connectivity index (χ4n) is 4.60. The lowest BCUT2D eigenvalue weighted by Gasteiger charge is -2.33. The van der Waals surface area contributed by atoms with Crippen LogP contribution >= 0.6 is 0 Å². The minimum absolute atomic E-state index is 0.268. The van der Waals surface area contributed by atoms with Gasteiger partial charge in [0.25, 0.3) is 5.56 Å². The lowest BCUT2D eigenvalue weighted by molar-refractivity contribution is 0.457. The van der Waals surface area contributed by atoms with Crippen molar-refractivity contribution in [2.24, 2.45) is 13.0 Å². The molecule has 1 aliphatic heterocycles. The molecule has 32 heavy (non-hydrogen) atoms. The van der Waals surface area contributed by atoms with Gasteiger partial charge in [0.1, 0.15) is 0 Å². The van der Waals surface area contributed by atoms with Crippen molar-refractivity contribution in [3.63, 3.8) is 0 Å². The zero-order valence-corrected chi connectivity index (χ0v) is 18.7. The molecule has 4 aromatic rings. The maximum absolute atomic E-state index is 13.5. The summed E-state index contributed by atoms with van der Waals surface area (Å²) in [6.07, 6.45) is 0.619. The number of anilines is 2. The second-order valence-corrected chi connectivity index (χ2v) is 8.78. The molecule has 3 heterocycles. The monoisotopic (exact) mass is 429 g/mol. The lowest BCUT2D eigenvalue weighted by atomic mass is 10.1. The second kappa shape index (κ2) is 7.82. The largest absolute Gasteiger partial charge is 0.332 e. The first-order valence-corrected chi connectivity index (χ1v) is 11.0. The number of hydrogen-bond acceptors (Lipinski definition) is 4. The van der Waals surface area contributed by atoms with E-state index in [2.05, 4.69) is 36.9 Å². The number of benzene rings is 2. The Bertz CT molecular complexity index is 1410. The number of imidazole rings is 1. The van der Waals surface area contributed by atoms with Crippen LogP contribution in [0.5, 0.6) is 0 Å². The van der Waals surface area contributed by atoms with Gasteiger partial charge in [0.05, 0.1) is 0 Å². The zero-order chi connectivity index (χ0) is 22.4. The molecule has 0 N–H and O–H groups in total.